The fourth-order valence-corrected chi connectivity index (χ4v) is 2.11. The zero-order chi connectivity index (χ0) is 14.2. The SMILES string of the molecule is O=C(CCc1ccc(Cl)cc1)NCCc1ccccc1. The summed E-state index contributed by atoms with van der Waals surface area (Å²) >= 11 is 5.82. The van der Waals surface area contributed by atoms with Crippen molar-refractivity contribution in [2.75, 3.05) is 6.54 Å². The summed E-state index contributed by atoms with van der Waals surface area (Å²) in [5.41, 5.74) is 2.37. The summed E-state index contributed by atoms with van der Waals surface area (Å²) in [5, 5.41) is 3.67. The van der Waals surface area contributed by atoms with Gasteiger partial charge >= 0.3 is 0 Å². The number of carbonyl (C=O) groups excluding carboxylic acids is 1. The summed E-state index contributed by atoms with van der Waals surface area (Å²) in [6, 6.07) is 17.8. The highest BCUT2D eigenvalue weighted by Gasteiger charge is 2.02. The van der Waals surface area contributed by atoms with Crippen LogP contribution in [-0.2, 0) is 17.6 Å². The molecule has 0 unspecified atom stereocenters. The van der Waals surface area contributed by atoms with Gasteiger partial charge in [0, 0.05) is 18.0 Å². The average Bonchev–Trinajstić information content (AvgIpc) is 2.48. The molecular weight excluding hydrogens is 270 g/mol. The van der Waals surface area contributed by atoms with Gasteiger partial charge in [-0.3, -0.25) is 4.79 Å². The number of halogens is 1. The smallest absolute Gasteiger partial charge is 0.220 e. The van der Waals surface area contributed by atoms with Crippen LogP contribution in [0, 0.1) is 0 Å². The van der Waals surface area contributed by atoms with Gasteiger partial charge in [-0.1, -0.05) is 54.1 Å². The molecule has 0 radical (unpaired) electrons. The molecule has 0 aliphatic carbocycles. The zero-order valence-corrected chi connectivity index (χ0v) is 12.1. The Hall–Kier alpha value is -1.80. The minimum absolute atomic E-state index is 0.0934. The van der Waals surface area contributed by atoms with Gasteiger partial charge in [-0.05, 0) is 36.1 Å². The summed E-state index contributed by atoms with van der Waals surface area (Å²) in [4.78, 5) is 11.7. The van der Waals surface area contributed by atoms with Crippen molar-refractivity contribution in [3.05, 3.63) is 70.7 Å². The van der Waals surface area contributed by atoms with E-state index in [2.05, 4.69) is 17.4 Å². The van der Waals surface area contributed by atoms with E-state index in [9.17, 15) is 4.79 Å². The fraction of sp³-hybridized carbons (Fsp3) is 0.235. The highest BCUT2D eigenvalue weighted by molar-refractivity contribution is 6.30. The fourth-order valence-electron chi connectivity index (χ4n) is 1.99. The van der Waals surface area contributed by atoms with Gasteiger partial charge in [-0.25, -0.2) is 0 Å². The molecule has 104 valence electrons. The monoisotopic (exact) mass is 287 g/mol. The number of aryl methyl sites for hydroxylation is 1. The first kappa shape index (κ1) is 14.6. The number of benzene rings is 2. The number of hydrogen-bond donors (Lipinski definition) is 1. The summed E-state index contributed by atoms with van der Waals surface area (Å²) in [6.07, 6.45) is 2.12. The van der Waals surface area contributed by atoms with E-state index in [4.69, 9.17) is 11.6 Å². The summed E-state index contributed by atoms with van der Waals surface area (Å²) in [5.74, 6) is 0.0934. The largest absolute Gasteiger partial charge is 0.356 e. The van der Waals surface area contributed by atoms with E-state index in [1.807, 2.05) is 42.5 Å². The molecule has 1 N–H and O–H groups in total. The third kappa shape index (κ3) is 5.06. The summed E-state index contributed by atoms with van der Waals surface area (Å²) < 4.78 is 0. The first-order chi connectivity index (χ1) is 9.74. The Kier molecular flexibility index (Phi) is 5.63. The Morgan fingerprint density at radius 2 is 1.55 bits per heavy atom. The van der Waals surface area contributed by atoms with Crippen LogP contribution in [0.2, 0.25) is 5.02 Å². The van der Waals surface area contributed by atoms with Crippen LogP contribution in [-0.4, -0.2) is 12.5 Å². The predicted octanol–water partition coefficient (Wildman–Crippen LogP) is 3.63. The van der Waals surface area contributed by atoms with Crippen molar-refractivity contribution in [3.8, 4) is 0 Å². The molecule has 0 spiro atoms. The normalized spacial score (nSPS) is 10.2. The topological polar surface area (TPSA) is 29.1 Å². The van der Waals surface area contributed by atoms with Gasteiger partial charge in [-0.15, -0.1) is 0 Å². The number of hydrogen-bond acceptors (Lipinski definition) is 1. The third-order valence-corrected chi connectivity index (χ3v) is 3.38. The Bertz CT molecular complexity index is 537. The number of nitrogens with one attached hydrogen (secondary N) is 1. The Labute approximate surface area is 124 Å². The molecule has 0 bridgehead atoms. The Morgan fingerprint density at radius 1 is 0.900 bits per heavy atom. The molecule has 2 rings (SSSR count). The molecule has 1 amide bonds. The van der Waals surface area contributed by atoms with Crippen LogP contribution < -0.4 is 5.32 Å². The van der Waals surface area contributed by atoms with Crippen molar-refractivity contribution in [3.63, 3.8) is 0 Å². The summed E-state index contributed by atoms with van der Waals surface area (Å²) in [6.45, 7) is 0.684. The minimum atomic E-state index is 0.0934. The van der Waals surface area contributed by atoms with E-state index in [1.54, 1.807) is 0 Å². The molecule has 0 aliphatic heterocycles. The molecule has 2 nitrogen and oxygen atoms in total. The lowest BCUT2D eigenvalue weighted by molar-refractivity contribution is -0.121. The maximum Gasteiger partial charge on any atom is 0.220 e. The number of amides is 1. The van der Waals surface area contributed by atoms with Crippen LogP contribution in [0.15, 0.2) is 54.6 Å². The van der Waals surface area contributed by atoms with E-state index in [0.29, 0.717) is 13.0 Å². The Morgan fingerprint density at radius 3 is 2.25 bits per heavy atom. The molecule has 0 saturated carbocycles. The van der Waals surface area contributed by atoms with Crippen molar-refractivity contribution in [1.29, 1.82) is 0 Å². The van der Waals surface area contributed by atoms with Crippen LogP contribution in [0.1, 0.15) is 17.5 Å². The molecular formula is C17H18ClNO. The summed E-state index contributed by atoms with van der Waals surface area (Å²) in [7, 11) is 0. The van der Waals surface area contributed by atoms with Gasteiger partial charge in [0.1, 0.15) is 0 Å². The molecule has 2 aromatic carbocycles. The molecule has 3 heteroatoms. The highest BCUT2D eigenvalue weighted by Crippen LogP contribution is 2.10. The molecule has 2 aromatic rings. The van der Waals surface area contributed by atoms with Crippen molar-refractivity contribution in [1.82, 2.24) is 5.32 Å². The van der Waals surface area contributed by atoms with Crippen molar-refractivity contribution in [2.24, 2.45) is 0 Å². The number of carbonyl (C=O) groups is 1. The van der Waals surface area contributed by atoms with Gasteiger partial charge in [0.25, 0.3) is 0 Å². The van der Waals surface area contributed by atoms with Crippen molar-refractivity contribution >= 4 is 17.5 Å². The highest BCUT2D eigenvalue weighted by atomic mass is 35.5. The average molecular weight is 288 g/mol. The van der Waals surface area contributed by atoms with Crippen LogP contribution >= 0.6 is 11.6 Å². The molecule has 0 fully saturated rings. The van der Waals surface area contributed by atoms with Crippen molar-refractivity contribution in [2.45, 2.75) is 19.3 Å². The first-order valence-electron chi connectivity index (χ1n) is 6.79. The van der Waals surface area contributed by atoms with E-state index in [1.165, 1.54) is 5.56 Å². The minimum Gasteiger partial charge on any atom is -0.356 e. The molecule has 20 heavy (non-hydrogen) atoms. The van der Waals surface area contributed by atoms with E-state index in [0.717, 1.165) is 23.4 Å². The van der Waals surface area contributed by atoms with Crippen LogP contribution in [0.5, 0.6) is 0 Å². The van der Waals surface area contributed by atoms with Gasteiger partial charge < -0.3 is 5.32 Å². The van der Waals surface area contributed by atoms with Gasteiger partial charge in [0.05, 0.1) is 0 Å². The molecule has 0 saturated heterocycles. The lowest BCUT2D eigenvalue weighted by atomic mass is 10.1. The van der Waals surface area contributed by atoms with Gasteiger partial charge in [-0.2, -0.15) is 0 Å². The standard InChI is InChI=1S/C17H18ClNO/c18-16-9-6-15(7-10-16)8-11-17(20)19-13-12-14-4-2-1-3-5-14/h1-7,9-10H,8,11-13H2,(H,19,20). The molecule has 0 aliphatic rings. The van der Waals surface area contributed by atoms with Crippen molar-refractivity contribution < 1.29 is 4.79 Å². The van der Waals surface area contributed by atoms with E-state index < -0.39 is 0 Å². The second-order valence-corrected chi connectivity index (χ2v) is 5.15. The number of rotatable bonds is 6. The van der Waals surface area contributed by atoms with Gasteiger partial charge in [0.2, 0.25) is 5.91 Å². The maximum absolute atomic E-state index is 11.7. The van der Waals surface area contributed by atoms with Crippen LogP contribution in [0.25, 0.3) is 0 Å². The molecule has 0 heterocycles. The second-order valence-electron chi connectivity index (χ2n) is 4.71. The van der Waals surface area contributed by atoms with E-state index >= 15 is 0 Å². The lowest BCUT2D eigenvalue weighted by Crippen LogP contribution is -2.25. The third-order valence-electron chi connectivity index (χ3n) is 3.13. The van der Waals surface area contributed by atoms with Gasteiger partial charge in [0.15, 0.2) is 0 Å². The van der Waals surface area contributed by atoms with Crippen LogP contribution in [0.4, 0.5) is 0 Å². The lowest BCUT2D eigenvalue weighted by Gasteiger charge is -2.05. The zero-order valence-electron chi connectivity index (χ0n) is 11.3. The second kappa shape index (κ2) is 7.71. The van der Waals surface area contributed by atoms with E-state index in [-0.39, 0.29) is 5.91 Å². The molecule has 0 aromatic heterocycles. The Balaban J connectivity index is 1.67. The molecule has 0 atom stereocenters. The quantitative estimate of drug-likeness (QED) is 0.864. The first-order valence-corrected chi connectivity index (χ1v) is 7.17. The maximum atomic E-state index is 11.7. The predicted molar refractivity (Wildman–Crippen MR) is 82.9 cm³/mol. The van der Waals surface area contributed by atoms with Crippen LogP contribution in [0.3, 0.4) is 0 Å².